The van der Waals surface area contributed by atoms with Crippen LogP contribution in [0.2, 0.25) is 0 Å². The summed E-state index contributed by atoms with van der Waals surface area (Å²) in [6, 6.07) is 0.835. The predicted molar refractivity (Wildman–Crippen MR) is 74.4 cm³/mol. The van der Waals surface area contributed by atoms with E-state index in [9.17, 15) is 4.79 Å². The van der Waals surface area contributed by atoms with Crippen molar-refractivity contribution in [2.24, 2.45) is 5.73 Å². The van der Waals surface area contributed by atoms with Crippen molar-refractivity contribution in [3.8, 4) is 0 Å². The highest BCUT2D eigenvalue weighted by Gasteiger charge is 2.21. The molecule has 0 radical (unpaired) electrons. The lowest BCUT2D eigenvalue weighted by Gasteiger charge is -2.33. The number of primary amides is 1. The Hall–Kier alpha value is -0.420. The van der Waals surface area contributed by atoms with Crippen molar-refractivity contribution in [3.63, 3.8) is 0 Å². The third-order valence-electron chi connectivity index (χ3n) is 3.23. The summed E-state index contributed by atoms with van der Waals surface area (Å²) in [5, 5.41) is 3.65. The summed E-state index contributed by atoms with van der Waals surface area (Å²) in [5.41, 5.74) is 5.26. The number of rotatable bonds is 6. The molecule has 1 heterocycles. The molecule has 1 unspecified atom stereocenters. The van der Waals surface area contributed by atoms with Gasteiger partial charge in [-0.1, -0.05) is 6.92 Å². The summed E-state index contributed by atoms with van der Waals surface area (Å²) < 4.78 is 0. The van der Waals surface area contributed by atoms with Crippen molar-refractivity contribution in [2.45, 2.75) is 45.2 Å². The minimum absolute atomic E-state index is 0.282. The lowest BCUT2D eigenvalue weighted by molar-refractivity contribution is 0.182. The first kappa shape index (κ1) is 14.6. The number of nitrogens with one attached hydrogen (secondary N) is 1. The van der Waals surface area contributed by atoms with Gasteiger partial charge in [-0.05, 0) is 37.7 Å². The van der Waals surface area contributed by atoms with E-state index in [1.807, 2.05) is 11.8 Å². The lowest BCUT2D eigenvalue weighted by Crippen LogP contribution is -2.48. The van der Waals surface area contributed by atoms with Gasteiger partial charge in [-0.15, -0.1) is 0 Å². The number of nitrogens with two attached hydrogens (primary N) is 1. The smallest absolute Gasteiger partial charge is 0.314 e. The third-order valence-corrected chi connectivity index (χ3v) is 4.16. The first-order valence-corrected chi connectivity index (χ1v) is 7.67. The zero-order valence-electron chi connectivity index (χ0n) is 10.9. The van der Waals surface area contributed by atoms with Crippen molar-refractivity contribution in [1.29, 1.82) is 0 Å². The van der Waals surface area contributed by atoms with E-state index < -0.39 is 0 Å². The molecule has 1 aliphatic rings. The van der Waals surface area contributed by atoms with Gasteiger partial charge in [0, 0.05) is 25.2 Å². The second-order valence-electron chi connectivity index (χ2n) is 4.65. The second kappa shape index (κ2) is 7.82. The van der Waals surface area contributed by atoms with Gasteiger partial charge < -0.3 is 16.0 Å². The first-order chi connectivity index (χ1) is 8.13. The van der Waals surface area contributed by atoms with Gasteiger partial charge in [-0.2, -0.15) is 11.8 Å². The number of thioether (sulfide) groups is 1. The number of carbonyl (C=O) groups is 1. The molecule has 2 amide bonds. The fourth-order valence-electron chi connectivity index (χ4n) is 2.16. The van der Waals surface area contributed by atoms with Crippen LogP contribution in [0, 0.1) is 0 Å². The molecular weight excluding hydrogens is 234 g/mol. The Bertz CT molecular complexity index is 230. The monoisotopic (exact) mass is 259 g/mol. The Morgan fingerprint density at radius 3 is 2.71 bits per heavy atom. The highest BCUT2D eigenvalue weighted by molar-refractivity contribution is 7.99. The largest absolute Gasteiger partial charge is 0.351 e. The summed E-state index contributed by atoms with van der Waals surface area (Å²) in [7, 11) is 0. The minimum Gasteiger partial charge on any atom is -0.351 e. The van der Waals surface area contributed by atoms with E-state index in [1.54, 1.807) is 4.90 Å². The average molecular weight is 259 g/mol. The summed E-state index contributed by atoms with van der Waals surface area (Å²) in [6.45, 7) is 6.03. The van der Waals surface area contributed by atoms with Gasteiger partial charge in [-0.25, -0.2) is 4.79 Å². The molecule has 0 aromatic rings. The maximum Gasteiger partial charge on any atom is 0.314 e. The minimum atomic E-state index is -0.282. The van der Waals surface area contributed by atoms with E-state index in [2.05, 4.69) is 19.2 Å². The molecule has 0 saturated carbocycles. The molecule has 0 aliphatic carbocycles. The highest BCUT2D eigenvalue weighted by atomic mass is 32.2. The summed E-state index contributed by atoms with van der Waals surface area (Å²) >= 11 is 1.99. The molecule has 1 atom stereocenters. The van der Waals surface area contributed by atoms with E-state index in [0.29, 0.717) is 12.1 Å². The molecule has 0 bridgehead atoms. The molecule has 17 heavy (non-hydrogen) atoms. The molecule has 1 rings (SSSR count). The summed E-state index contributed by atoms with van der Waals surface area (Å²) in [6.07, 6.45) is 3.26. The Balaban J connectivity index is 2.14. The van der Waals surface area contributed by atoms with E-state index in [-0.39, 0.29) is 6.03 Å². The van der Waals surface area contributed by atoms with Gasteiger partial charge in [0.25, 0.3) is 0 Å². The third kappa shape index (κ3) is 5.64. The highest BCUT2D eigenvalue weighted by Crippen LogP contribution is 2.12. The fraction of sp³-hybridized carbons (Fsp3) is 0.917. The van der Waals surface area contributed by atoms with Gasteiger partial charge >= 0.3 is 6.03 Å². The van der Waals surface area contributed by atoms with Crippen LogP contribution in [0.3, 0.4) is 0 Å². The van der Waals surface area contributed by atoms with E-state index in [1.165, 1.54) is 17.9 Å². The molecule has 1 saturated heterocycles. The van der Waals surface area contributed by atoms with Crippen LogP contribution in [-0.2, 0) is 0 Å². The van der Waals surface area contributed by atoms with E-state index in [0.717, 1.165) is 25.9 Å². The standard InChI is InChI=1S/C12H25N3OS/c1-3-17-9-6-10(2)14-11-4-7-15(8-5-11)12(13)16/h10-11,14H,3-9H2,1-2H3,(H2,13,16). The predicted octanol–water partition coefficient (Wildman–Crippen LogP) is 1.65. The Labute approximate surface area is 109 Å². The zero-order chi connectivity index (χ0) is 12.7. The number of hydrogen-bond donors (Lipinski definition) is 2. The lowest BCUT2D eigenvalue weighted by atomic mass is 10.0. The van der Waals surface area contributed by atoms with Crippen LogP contribution in [-0.4, -0.2) is 47.6 Å². The number of piperidine rings is 1. The van der Waals surface area contributed by atoms with Crippen molar-refractivity contribution in [3.05, 3.63) is 0 Å². The molecule has 1 fully saturated rings. The molecule has 4 nitrogen and oxygen atoms in total. The second-order valence-corrected chi connectivity index (χ2v) is 6.05. The first-order valence-electron chi connectivity index (χ1n) is 6.51. The molecule has 100 valence electrons. The van der Waals surface area contributed by atoms with Gasteiger partial charge in [0.1, 0.15) is 0 Å². The number of carbonyl (C=O) groups excluding carboxylic acids is 1. The fourth-order valence-corrected chi connectivity index (χ4v) is 2.97. The van der Waals surface area contributed by atoms with Crippen LogP contribution >= 0.6 is 11.8 Å². The molecule has 0 aromatic carbocycles. The number of likely N-dealkylation sites (tertiary alicyclic amines) is 1. The van der Waals surface area contributed by atoms with Crippen LogP contribution in [0.25, 0.3) is 0 Å². The van der Waals surface area contributed by atoms with E-state index in [4.69, 9.17) is 5.73 Å². The zero-order valence-corrected chi connectivity index (χ0v) is 11.8. The van der Waals surface area contributed by atoms with Gasteiger partial charge in [0.15, 0.2) is 0 Å². The SMILES string of the molecule is CCSCCC(C)NC1CCN(C(N)=O)CC1. The van der Waals surface area contributed by atoms with Crippen LogP contribution in [0.5, 0.6) is 0 Å². The quantitative estimate of drug-likeness (QED) is 0.713. The summed E-state index contributed by atoms with van der Waals surface area (Å²) in [4.78, 5) is 12.7. The Morgan fingerprint density at radius 2 is 2.18 bits per heavy atom. The molecule has 0 aromatic heterocycles. The van der Waals surface area contributed by atoms with Crippen LogP contribution in [0.1, 0.15) is 33.1 Å². The Kier molecular flexibility index (Phi) is 6.73. The number of amides is 2. The van der Waals surface area contributed by atoms with Crippen molar-refractivity contribution >= 4 is 17.8 Å². The van der Waals surface area contributed by atoms with Crippen LogP contribution in [0.15, 0.2) is 0 Å². The van der Waals surface area contributed by atoms with Crippen molar-refractivity contribution < 1.29 is 4.79 Å². The number of nitrogens with zero attached hydrogens (tertiary/aromatic N) is 1. The van der Waals surface area contributed by atoms with Crippen LogP contribution in [0.4, 0.5) is 4.79 Å². The average Bonchev–Trinajstić information content (AvgIpc) is 2.30. The summed E-state index contributed by atoms with van der Waals surface area (Å²) in [5.74, 6) is 2.43. The van der Waals surface area contributed by atoms with E-state index >= 15 is 0 Å². The molecular formula is C12H25N3OS. The van der Waals surface area contributed by atoms with Gasteiger partial charge in [0.2, 0.25) is 0 Å². The number of urea groups is 1. The van der Waals surface area contributed by atoms with Gasteiger partial charge in [0.05, 0.1) is 0 Å². The molecule has 0 spiro atoms. The molecule has 3 N–H and O–H groups in total. The topological polar surface area (TPSA) is 58.4 Å². The molecule has 5 heteroatoms. The van der Waals surface area contributed by atoms with Crippen molar-refractivity contribution in [2.75, 3.05) is 24.6 Å². The maximum absolute atomic E-state index is 11.0. The maximum atomic E-state index is 11.0. The Morgan fingerprint density at radius 1 is 1.53 bits per heavy atom. The van der Waals surface area contributed by atoms with Crippen LogP contribution < -0.4 is 11.1 Å². The van der Waals surface area contributed by atoms with Crippen molar-refractivity contribution in [1.82, 2.24) is 10.2 Å². The normalized spacial score (nSPS) is 19.3. The van der Waals surface area contributed by atoms with Gasteiger partial charge in [-0.3, -0.25) is 0 Å². The molecule has 1 aliphatic heterocycles. The number of hydrogen-bond acceptors (Lipinski definition) is 3.